The molecule has 0 radical (unpaired) electrons. The van der Waals surface area contributed by atoms with E-state index in [2.05, 4.69) is 4.98 Å². The van der Waals surface area contributed by atoms with Crippen molar-refractivity contribution in [3.63, 3.8) is 0 Å². The predicted octanol–water partition coefficient (Wildman–Crippen LogP) is 2.94. The molecule has 1 saturated heterocycles. The third-order valence-corrected chi connectivity index (χ3v) is 5.17. The van der Waals surface area contributed by atoms with Crippen LogP contribution in [0.1, 0.15) is 38.3 Å². The van der Waals surface area contributed by atoms with Crippen LogP contribution in [0.15, 0.2) is 42.7 Å². The minimum Gasteiger partial charge on any atom is -0.485 e. The number of carbonyl (C=O) groups excluding carboxylic acids is 1. The van der Waals surface area contributed by atoms with Crippen LogP contribution in [0.5, 0.6) is 5.75 Å². The Morgan fingerprint density at radius 2 is 1.96 bits per heavy atom. The maximum atomic E-state index is 12.4. The summed E-state index contributed by atoms with van der Waals surface area (Å²) in [5, 5.41) is 11.0. The van der Waals surface area contributed by atoms with E-state index in [0.29, 0.717) is 13.0 Å². The molecule has 4 rings (SSSR count). The summed E-state index contributed by atoms with van der Waals surface area (Å²) in [4.78, 5) is 18.2. The van der Waals surface area contributed by atoms with Crippen molar-refractivity contribution in [2.45, 2.75) is 44.4 Å². The Hall–Kier alpha value is -2.40. The van der Waals surface area contributed by atoms with E-state index in [1.807, 2.05) is 49.1 Å². The highest BCUT2D eigenvalue weighted by atomic mass is 16.5. The van der Waals surface area contributed by atoms with Gasteiger partial charge in [-0.2, -0.15) is 0 Å². The Morgan fingerprint density at radius 3 is 2.64 bits per heavy atom. The summed E-state index contributed by atoms with van der Waals surface area (Å²) in [6, 6.07) is 9.48. The smallest absolute Gasteiger partial charge is 0.223 e. The Morgan fingerprint density at radius 1 is 1.20 bits per heavy atom. The Balaban J connectivity index is 1.83. The van der Waals surface area contributed by atoms with Gasteiger partial charge in [-0.15, -0.1) is 0 Å². The van der Waals surface area contributed by atoms with Crippen LogP contribution in [-0.2, 0) is 4.79 Å². The molecule has 5 heteroatoms. The summed E-state index contributed by atoms with van der Waals surface area (Å²) in [7, 11) is 0. The molecule has 0 saturated carbocycles. The Bertz CT molecular complexity index is 804. The zero-order valence-electron chi connectivity index (χ0n) is 14.5. The molecule has 0 bridgehead atoms. The second-order valence-corrected chi connectivity index (χ2v) is 7.27. The van der Waals surface area contributed by atoms with E-state index < -0.39 is 11.7 Å². The van der Waals surface area contributed by atoms with Gasteiger partial charge in [0.1, 0.15) is 17.5 Å². The van der Waals surface area contributed by atoms with Crippen molar-refractivity contribution in [2.75, 3.05) is 6.54 Å². The number of hydrogen-bond donors (Lipinski definition) is 1. The van der Waals surface area contributed by atoms with Crippen LogP contribution in [-0.4, -0.2) is 39.1 Å². The van der Waals surface area contributed by atoms with Gasteiger partial charge in [-0.05, 0) is 55.7 Å². The van der Waals surface area contributed by atoms with Crippen LogP contribution in [0.2, 0.25) is 0 Å². The monoisotopic (exact) mass is 338 g/mol. The first kappa shape index (κ1) is 16.1. The van der Waals surface area contributed by atoms with E-state index in [1.54, 1.807) is 12.4 Å². The van der Waals surface area contributed by atoms with Crippen molar-refractivity contribution in [1.29, 1.82) is 0 Å². The fourth-order valence-corrected chi connectivity index (χ4v) is 3.79. The lowest BCUT2D eigenvalue weighted by atomic mass is 9.84. The van der Waals surface area contributed by atoms with Crippen molar-refractivity contribution in [1.82, 2.24) is 9.88 Å². The predicted molar refractivity (Wildman–Crippen MR) is 94.1 cm³/mol. The van der Waals surface area contributed by atoms with Gasteiger partial charge in [0.25, 0.3) is 0 Å². The highest BCUT2D eigenvalue weighted by Crippen LogP contribution is 2.45. The van der Waals surface area contributed by atoms with Crippen LogP contribution in [0.4, 0.5) is 0 Å². The molecule has 130 valence electrons. The number of rotatable bonds is 2. The van der Waals surface area contributed by atoms with E-state index in [1.165, 1.54) is 0 Å². The fourth-order valence-electron chi connectivity index (χ4n) is 3.79. The van der Waals surface area contributed by atoms with Crippen molar-refractivity contribution in [3.05, 3.63) is 48.3 Å². The molecular formula is C20H22N2O3. The number of likely N-dealkylation sites (tertiary alicyclic amines) is 1. The average Bonchev–Trinajstić information content (AvgIpc) is 3.02. The van der Waals surface area contributed by atoms with E-state index >= 15 is 0 Å². The summed E-state index contributed by atoms with van der Waals surface area (Å²) < 4.78 is 6.05. The highest BCUT2D eigenvalue weighted by Gasteiger charge is 2.47. The summed E-state index contributed by atoms with van der Waals surface area (Å²) >= 11 is 0. The number of fused-ring (bicyclic) bond motifs is 1. The minimum atomic E-state index is -0.783. The molecule has 1 aromatic carbocycles. The number of hydrogen-bond acceptors (Lipinski definition) is 4. The van der Waals surface area contributed by atoms with Crippen molar-refractivity contribution < 1.29 is 14.6 Å². The molecule has 2 aliphatic heterocycles. The zero-order chi connectivity index (χ0) is 17.6. The maximum Gasteiger partial charge on any atom is 0.223 e. The molecule has 1 fully saturated rings. The number of ether oxygens (including phenoxy) is 1. The first-order valence-electron chi connectivity index (χ1n) is 8.68. The molecule has 2 aliphatic rings. The third kappa shape index (κ3) is 2.68. The van der Waals surface area contributed by atoms with Gasteiger partial charge in [0, 0.05) is 30.9 Å². The number of amides is 1. The summed E-state index contributed by atoms with van der Waals surface area (Å²) in [6.45, 7) is 4.41. The van der Waals surface area contributed by atoms with Crippen molar-refractivity contribution in [2.24, 2.45) is 0 Å². The summed E-state index contributed by atoms with van der Waals surface area (Å²) in [5.41, 5.74) is 2.19. The molecule has 25 heavy (non-hydrogen) atoms. The summed E-state index contributed by atoms with van der Waals surface area (Å²) in [5.74, 6) is 0.833. The molecule has 3 heterocycles. The van der Waals surface area contributed by atoms with Gasteiger partial charge in [-0.25, -0.2) is 0 Å². The van der Waals surface area contributed by atoms with Crippen LogP contribution < -0.4 is 4.74 Å². The van der Waals surface area contributed by atoms with Gasteiger partial charge in [0.15, 0.2) is 0 Å². The number of nitrogens with zero attached hydrogens (tertiary/aromatic N) is 2. The zero-order valence-corrected chi connectivity index (χ0v) is 14.5. The lowest BCUT2D eigenvalue weighted by molar-refractivity contribution is -0.139. The van der Waals surface area contributed by atoms with Crippen molar-refractivity contribution >= 4 is 5.91 Å². The van der Waals surface area contributed by atoms with Crippen molar-refractivity contribution in [3.8, 4) is 16.9 Å². The van der Waals surface area contributed by atoms with Gasteiger partial charge in [0.2, 0.25) is 5.91 Å². The molecular weight excluding hydrogens is 316 g/mol. The second kappa shape index (κ2) is 5.85. The van der Waals surface area contributed by atoms with Gasteiger partial charge < -0.3 is 14.7 Å². The topological polar surface area (TPSA) is 62.7 Å². The molecule has 0 aliphatic carbocycles. The quantitative estimate of drug-likeness (QED) is 0.914. The molecule has 5 nitrogen and oxygen atoms in total. The standard InChI is InChI=1S/C20H22N2O3/c1-20(2)19(24)18(22-11-3-4-17(22)23)15-12-14(5-6-16(15)25-20)13-7-9-21-10-8-13/h5-10,12,18-19,24H,3-4,11H2,1-2H3/t18-,19+/m1/s1. The lowest BCUT2D eigenvalue weighted by Crippen LogP contribution is -2.53. The molecule has 0 spiro atoms. The highest BCUT2D eigenvalue weighted by molar-refractivity contribution is 5.79. The first-order chi connectivity index (χ1) is 12.0. The molecule has 1 aromatic heterocycles. The van der Waals surface area contributed by atoms with Crippen LogP contribution >= 0.6 is 0 Å². The maximum absolute atomic E-state index is 12.4. The number of pyridine rings is 1. The Labute approximate surface area is 147 Å². The first-order valence-corrected chi connectivity index (χ1v) is 8.68. The SMILES string of the molecule is CC1(C)Oc2ccc(-c3ccncc3)cc2[C@@H](N2CCCC2=O)[C@@H]1O. The molecule has 1 amide bonds. The molecule has 1 N–H and O–H groups in total. The van der Waals surface area contributed by atoms with Gasteiger partial charge >= 0.3 is 0 Å². The van der Waals surface area contributed by atoms with Crippen LogP contribution in [0.25, 0.3) is 11.1 Å². The number of aromatic nitrogens is 1. The van der Waals surface area contributed by atoms with Gasteiger partial charge in [-0.3, -0.25) is 9.78 Å². The van der Waals surface area contributed by atoms with Gasteiger partial charge in [-0.1, -0.05) is 6.07 Å². The van der Waals surface area contributed by atoms with Crippen LogP contribution in [0, 0.1) is 0 Å². The summed E-state index contributed by atoms with van der Waals surface area (Å²) in [6.07, 6.45) is 4.11. The fraction of sp³-hybridized carbons (Fsp3) is 0.400. The van der Waals surface area contributed by atoms with E-state index in [9.17, 15) is 9.90 Å². The lowest BCUT2D eigenvalue weighted by Gasteiger charge is -2.45. The largest absolute Gasteiger partial charge is 0.485 e. The number of aliphatic hydroxyl groups excluding tert-OH is 1. The third-order valence-electron chi connectivity index (χ3n) is 5.17. The molecule has 2 atom stereocenters. The number of carbonyl (C=O) groups is 1. The van der Waals surface area contributed by atoms with E-state index in [-0.39, 0.29) is 11.9 Å². The minimum absolute atomic E-state index is 0.0991. The second-order valence-electron chi connectivity index (χ2n) is 7.27. The van der Waals surface area contributed by atoms with E-state index in [0.717, 1.165) is 28.9 Å². The van der Waals surface area contributed by atoms with Crippen LogP contribution in [0.3, 0.4) is 0 Å². The Kier molecular flexibility index (Phi) is 3.76. The number of aliphatic hydroxyl groups is 1. The average molecular weight is 338 g/mol. The normalized spacial score (nSPS) is 24.8. The van der Waals surface area contributed by atoms with Gasteiger partial charge in [0.05, 0.1) is 6.04 Å². The number of benzene rings is 1. The van der Waals surface area contributed by atoms with E-state index in [4.69, 9.17) is 4.74 Å². The molecule has 2 aromatic rings. The molecule has 0 unspecified atom stereocenters.